The van der Waals surface area contributed by atoms with Gasteiger partial charge in [0.25, 0.3) is 0 Å². The van der Waals surface area contributed by atoms with E-state index < -0.39 is 11.7 Å². The van der Waals surface area contributed by atoms with Crippen LogP contribution in [-0.2, 0) is 9.57 Å². The lowest BCUT2D eigenvalue weighted by atomic mass is 10.1. The molecule has 0 bridgehead atoms. The van der Waals surface area contributed by atoms with Gasteiger partial charge in [-0.05, 0) is 20.8 Å². The second-order valence-electron chi connectivity index (χ2n) is 2.63. The molecule has 0 saturated heterocycles. The molecular weight excluding hydrogens is 174 g/mol. The smallest absolute Gasteiger partial charge is 0.433 e. The summed E-state index contributed by atoms with van der Waals surface area (Å²) in [6.07, 6.45) is -0.931. The Morgan fingerprint density at radius 2 is 2.23 bits per heavy atom. The van der Waals surface area contributed by atoms with E-state index in [0.717, 1.165) is 0 Å². The van der Waals surface area contributed by atoms with Gasteiger partial charge in [0.05, 0.1) is 12.7 Å². The van der Waals surface area contributed by atoms with Crippen molar-refractivity contribution in [1.82, 2.24) is 0 Å². The number of nitrogens with zero attached hydrogens (tertiary/aromatic N) is 3. The van der Waals surface area contributed by atoms with E-state index in [0.29, 0.717) is 0 Å². The number of ether oxygens (including phenoxy) is 1. The average Bonchev–Trinajstić information content (AvgIpc) is 2.05. The summed E-state index contributed by atoms with van der Waals surface area (Å²) in [5, 5.41) is 15.0. The highest BCUT2D eigenvalue weighted by atomic mass is 16.8. The van der Waals surface area contributed by atoms with E-state index in [9.17, 15) is 4.79 Å². The van der Waals surface area contributed by atoms with Crippen molar-refractivity contribution in [2.75, 3.05) is 6.61 Å². The molecule has 72 valence electrons. The first-order valence-electron chi connectivity index (χ1n) is 3.69. The Kier molecular flexibility index (Phi) is 4.44. The highest BCUT2D eigenvalue weighted by molar-refractivity contribution is 5.59. The van der Waals surface area contributed by atoms with E-state index in [1.807, 2.05) is 6.07 Å². The van der Waals surface area contributed by atoms with Gasteiger partial charge >= 0.3 is 6.16 Å². The Bertz CT molecular complexity index is 242. The van der Waals surface area contributed by atoms with Crippen LogP contribution in [0.15, 0.2) is 10.4 Å². The summed E-state index contributed by atoms with van der Waals surface area (Å²) in [5.74, 6) is 0. The zero-order valence-electron chi connectivity index (χ0n) is 7.77. The van der Waals surface area contributed by atoms with Gasteiger partial charge in [-0.25, -0.2) is 4.79 Å². The Labute approximate surface area is 76.1 Å². The zero-order chi connectivity index (χ0) is 10.3. The van der Waals surface area contributed by atoms with Gasteiger partial charge in [-0.1, -0.05) is 0 Å². The maximum Gasteiger partial charge on any atom is 0.536 e. The highest BCUT2D eigenvalue weighted by Gasteiger charge is 2.15. The van der Waals surface area contributed by atoms with Crippen LogP contribution >= 0.6 is 0 Å². The van der Waals surface area contributed by atoms with Crippen LogP contribution in [0.4, 0.5) is 4.79 Å². The van der Waals surface area contributed by atoms with Crippen LogP contribution in [0.25, 0.3) is 0 Å². The molecule has 0 saturated carbocycles. The molecule has 0 aliphatic carbocycles. The third-order valence-electron chi connectivity index (χ3n) is 0.942. The second kappa shape index (κ2) is 5.09. The van der Waals surface area contributed by atoms with Crippen molar-refractivity contribution in [3.8, 4) is 6.07 Å². The molecule has 0 aliphatic heterocycles. The van der Waals surface area contributed by atoms with Gasteiger partial charge < -0.3 is 4.74 Å². The molecule has 0 spiro atoms. The Morgan fingerprint density at radius 3 is 2.69 bits per heavy atom. The molecule has 13 heavy (non-hydrogen) atoms. The fourth-order valence-corrected chi connectivity index (χ4v) is 0.322. The fraction of sp³-hybridized carbons (Fsp3) is 0.714. The molecule has 0 aliphatic rings. The largest absolute Gasteiger partial charge is 0.536 e. The third kappa shape index (κ3) is 5.61. The Morgan fingerprint density at radius 1 is 1.62 bits per heavy atom. The predicted octanol–water partition coefficient (Wildman–Crippen LogP) is 1.83. The predicted molar refractivity (Wildman–Crippen MR) is 42.7 cm³/mol. The lowest BCUT2D eigenvalue weighted by Crippen LogP contribution is -2.12. The molecule has 0 atom stereocenters. The van der Waals surface area contributed by atoms with Gasteiger partial charge in [-0.3, -0.25) is 4.84 Å². The molecule has 0 unspecified atom stereocenters. The molecule has 6 heteroatoms. The van der Waals surface area contributed by atoms with Crippen molar-refractivity contribution in [3.63, 3.8) is 0 Å². The van der Waals surface area contributed by atoms with Gasteiger partial charge in [0.2, 0.25) is 0 Å². The molecule has 0 rings (SSSR count). The van der Waals surface area contributed by atoms with Crippen molar-refractivity contribution in [1.29, 1.82) is 5.26 Å². The topological polar surface area (TPSA) is 84.0 Å². The minimum Gasteiger partial charge on any atom is -0.433 e. The minimum atomic E-state index is -0.994. The number of rotatable bonds is 3. The van der Waals surface area contributed by atoms with Gasteiger partial charge in [0.1, 0.15) is 0 Å². The van der Waals surface area contributed by atoms with E-state index in [-0.39, 0.29) is 6.61 Å². The monoisotopic (exact) mass is 185 g/mol. The van der Waals surface area contributed by atoms with Gasteiger partial charge in [0, 0.05) is 5.28 Å². The van der Waals surface area contributed by atoms with E-state index in [1.165, 1.54) is 13.8 Å². The van der Waals surface area contributed by atoms with Crippen molar-refractivity contribution >= 4 is 6.16 Å². The van der Waals surface area contributed by atoms with Crippen LogP contribution in [0.2, 0.25) is 0 Å². The van der Waals surface area contributed by atoms with Gasteiger partial charge in [-0.15, -0.1) is 5.11 Å². The van der Waals surface area contributed by atoms with Crippen molar-refractivity contribution in [2.45, 2.75) is 26.3 Å². The van der Waals surface area contributed by atoms with E-state index >= 15 is 0 Å². The SMILES string of the molecule is CCOC(=O)ON=NC(C)(C)C#N. The number of carbonyl (C=O) groups excluding carboxylic acids is 1. The first-order valence-corrected chi connectivity index (χ1v) is 3.69. The Hall–Kier alpha value is -1.64. The van der Waals surface area contributed by atoms with E-state index in [4.69, 9.17) is 5.26 Å². The summed E-state index contributed by atoms with van der Waals surface area (Å²) in [4.78, 5) is 14.7. The Balaban J connectivity index is 3.89. The molecule has 0 aromatic rings. The number of hydrogen-bond acceptors (Lipinski definition) is 6. The first kappa shape index (κ1) is 11.4. The average molecular weight is 185 g/mol. The van der Waals surface area contributed by atoms with Gasteiger partial charge in [0.15, 0.2) is 5.54 Å². The number of carbonyl (C=O) groups is 1. The minimum absolute atomic E-state index is 0.204. The number of hydrogen-bond donors (Lipinski definition) is 0. The van der Waals surface area contributed by atoms with Crippen molar-refractivity contribution < 1.29 is 14.4 Å². The summed E-state index contributed by atoms with van der Waals surface area (Å²) in [7, 11) is 0. The standard InChI is InChI=1S/C7H11N3O3/c1-4-12-6(11)13-10-9-7(2,3)5-8/h4H2,1-3H3. The van der Waals surface area contributed by atoms with Crippen LogP contribution in [0.1, 0.15) is 20.8 Å². The third-order valence-corrected chi connectivity index (χ3v) is 0.942. The summed E-state index contributed by atoms with van der Waals surface area (Å²) >= 11 is 0. The maximum absolute atomic E-state index is 10.5. The summed E-state index contributed by atoms with van der Waals surface area (Å²) < 4.78 is 4.39. The fourth-order valence-electron chi connectivity index (χ4n) is 0.322. The molecule has 0 aromatic heterocycles. The molecule has 0 fully saturated rings. The molecular formula is C7H11N3O3. The summed E-state index contributed by atoms with van der Waals surface area (Å²) in [5.41, 5.74) is -0.994. The molecule has 0 amide bonds. The molecule has 0 N–H and O–H groups in total. The van der Waals surface area contributed by atoms with Gasteiger partial charge in [-0.2, -0.15) is 5.26 Å². The lowest BCUT2D eigenvalue weighted by molar-refractivity contribution is 0.0528. The quantitative estimate of drug-likeness (QED) is 0.381. The van der Waals surface area contributed by atoms with Crippen LogP contribution < -0.4 is 0 Å². The molecule has 0 radical (unpaired) electrons. The molecule has 6 nitrogen and oxygen atoms in total. The van der Waals surface area contributed by atoms with Crippen molar-refractivity contribution in [2.24, 2.45) is 10.4 Å². The summed E-state index contributed by atoms with van der Waals surface area (Å²) in [6, 6.07) is 1.85. The van der Waals surface area contributed by atoms with Crippen LogP contribution in [-0.4, -0.2) is 18.3 Å². The number of nitriles is 1. The van der Waals surface area contributed by atoms with Crippen LogP contribution in [0.3, 0.4) is 0 Å². The van der Waals surface area contributed by atoms with E-state index in [2.05, 4.69) is 20.0 Å². The highest BCUT2D eigenvalue weighted by Crippen LogP contribution is 2.06. The summed E-state index contributed by atoms with van der Waals surface area (Å²) in [6.45, 7) is 4.91. The normalized spacial score (nSPS) is 10.9. The van der Waals surface area contributed by atoms with Crippen LogP contribution in [0, 0.1) is 11.3 Å². The second-order valence-corrected chi connectivity index (χ2v) is 2.63. The lowest BCUT2D eigenvalue weighted by Gasteiger charge is -2.04. The zero-order valence-corrected chi connectivity index (χ0v) is 7.77. The maximum atomic E-state index is 10.5. The van der Waals surface area contributed by atoms with Crippen LogP contribution in [0.5, 0.6) is 0 Å². The molecule has 0 aromatic carbocycles. The first-order chi connectivity index (χ1) is 6.02. The molecule has 0 heterocycles. The van der Waals surface area contributed by atoms with Crippen molar-refractivity contribution in [3.05, 3.63) is 0 Å². The van der Waals surface area contributed by atoms with E-state index in [1.54, 1.807) is 6.92 Å².